The zero-order valence-corrected chi connectivity index (χ0v) is 19.9. The Bertz CT molecular complexity index is 1300. The van der Waals surface area contributed by atoms with E-state index >= 15 is 0 Å². The van der Waals surface area contributed by atoms with Crippen LogP contribution in [-0.4, -0.2) is 32.8 Å². The van der Waals surface area contributed by atoms with E-state index < -0.39 is 33.9 Å². The first-order chi connectivity index (χ1) is 16.8. The number of nitrogens with one attached hydrogen (secondary N) is 4. The molecule has 1 fully saturated rings. The van der Waals surface area contributed by atoms with Crippen molar-refractivity contribution in [1.82, 2.24) is 30.5 Å². The molecule has 2 aromatic rings. The second kappa shape index (κ2) is 8.60. The summed E-state index contributed by atoms with van der Waals surface area (Å²) in [5, 5.41) is 26.7. The number of hydrogen-bond donors (Lipinski definition) is 5. The number of aromatic nitrogens is 2. The van der Waals surface area contributed by atoms with E-state index in [0.717, 1.165) is 5.84 Å². The molecule has 5 N–H and O–H groups in total. The standard InChI is InChI=1S/C22H25FN7O4P/c1-12-8-13(2-3-14(12)23)9-24-17(33)15-16(32)18(34)30-10-21(19-27-29-35-28-19)4-6-22(7-5-21,25-11-31)20(30)26-15/h2-3,8,11,29,32,35H,4-7,9-10H2,1H3,(H,24,33)(H,25,31)(H,27,28). The number of aryl methyl sites for hydroxylation is 1. The number of carbonyl (C=O) groups is 2. The minimum Gasteiger partial charge on any atom is -0.501 e. The van der Waals surface area contributed by atoms with Crippen LogP contribution in [0.5, 0.6) is 5.75 Å². The lowest BCUT2D eigenvalue weighted by Gasteiger charge is -2.41. The molecular formula is C22H25FN7O4P. The van der Waals surface area contributed by atoms with Crippen LogP contribution in [0.25, 0.3) is 0 Å². The van der Waals surface area contributed by atoms with Crippen molar-refractivity contribution in [1.29, 1.82) is 0 Å². The Balaban J connectivity index is 1.52. The van der Waals surface area contributed by atoms with Gasteiger partial charge in [0.2, 0.25) is 12.2 Å². The van der Waals surface area contributed by atoms with Crippen LogP contribution in [-0.2, 0) is 23.4 Å². The van der Waals surface area contributed by atoms with Crippen LogP contribution in [0.4, 0.5) is 4.39 Å². The van der Waals surface area contributed by atoms with Crippen LogP contribution in [0.3, 0.4) is 0 Å². The Morgan fingerprint density at radius 1 is 1.34 bits per heavy atom. The summed E-state index contributed by atoms with van der Waals surface area (Å²) in [7, 11) is 0.231. The first-order valence-electron chi connectivity index (χ1n) is 11.2. The molecule has 13 heteroatoms. The van der Waals surface area contributed by atoms with E-state index in [1.165, 1.54) is 16.7 Å². The van der Waals surface area contributed by atoms with E-state index in [1.807, 2.05) is 0 Å². The number of carbonyl (C=O) groups excluding carboxylic acids is 2. The summed E-state index contributed by atoms with van der Waals surface area (Å²) in [6.07, 6.45) is 2.81. The average molecular weight is 501 g/mol. The Kier molecular flexibility index (Phi) is 5.71. The highest BCUT2D eigenvalue weighted by Gasteiger charge is 2.53. The molecule has 1 aromatic heterocycles. The maximum atomic E-state index is 13.5. The summed E-state index contributed by atoms with van der Waals surface area (Å²) in [6.45, 7) is 1.88. The van der Waals surface area contributed by atoms with Gasteiger partial charge in [0.15, 0.2) is 5.69 Å². The number of amides is 2. The van der Waals surface area contributed by atoms with Gasteiger partial charge in [-0.25, -0.2) is 9.37 Å². The molecule has 1 unspecified atom stereocenters. The minimum atomic E-state index is -0.952. The smallest absolute Gasteiger partial charge is 0.296 e. The summed E-state index contributed by atoms with van der Waals surface area (Å²) in [5.41, 5.74) is -1.51. The van der Waals surface area contributed by atoms with Crippen molar-refractivity contribution in [3.8, 4) is 5.75 Å². The maximum absolute atomic E-state index is 13.5. The Morgan fingerprint density at radius 2 is 2.11 bits per heavy atom. The van der Waals surface area contributed by atoms with Gasteiger partial charge in [0.1, 0.15) is 17.5 Å². The molecule has 0 radical (unpaired) electrons. The van der Waals surface area contributed by atoms with Gasteiger partial charge in [-0.05, 0) is 49.8 Å². The molecule has 11 nitrogen and oxygen atoms in total. The second-order valence-electron chi connectivity index (χ2n) is 9.24. The highest BCUT2D eigenvalue weighted by molar-refractivity contribution is 7.34. The fourth-order valence-corrected chi connectivity index (χ4v) is 5.88. The number of benzene rings is 1. The van der Waals surface area contributed by atoms with Crippen LogP contribution in [0.15, 0.2) is 28.1 Å². The second-order valence-corrected chi connectivity index (χ2v) is 9.96. The monoisotopic (exact) mass is 501 g/mol. The number of amidine groups is 1. The quantitative estimate of drug-likeness (QED) is 0.291. The number of fused-ring (bicyclic) bond motifs is 2. The third kappa shape index (κ3) is 3.81. The summed E-state index contributed by atoms with van der Waals surface area (Å²) < 4.78 is 14.9. The average Bonchev–Trinajstić information content (AvgIpc) is 3.32. The highest BCUT2D eigenvalue weighted by Crippen LogP contribution is 2.50. The highest BCUT2D eigenvalue weighted by atomic mass is 31.1. The topological polar surface area (TPSA) is 150 Å². The zero-order chi connectivity index (χ0) is 24.8. The lowest BCUT2D eigenvalue weighted by atomic mass is 9.68. The lowest BCUT2D eigenvalue weighted by molar-refractivity contribution is -0.112. The first-order valence-corrected chi connectivity index (χ1v) is 12.2. The fourth-order valence-electron chi connectivity index (χ4n) is 5.22. The van der Waals surface area contributed by atoms with Gasteiger partial charge in [0.05, 0.1) is 14.4 Å². The Morgan fingerprint density at radius 3 is 2.77 bits per heavy atom. The summed E-state index contributed by atoms with van der Waals surface area (Å²) in [4.78, 5) is 42.3. The Labute approximate surface area is 201 Å². The van der Waals surface area contributed by atoms with Gasteiger partial charge in [-0.1, -0.05) is 12.1 Å². The fraction of sp³-hybridized carbons (Fsp3) is 0.409. The molecule has 1 atom stereocenters. The number of hydrogen-bond acceptors (Lipinski definition) is 8. The third-order valence-electron chi connectivity index (χ3n) is 7.23. The van der Waals surface area contributed by atoms with Crippen LogP contribution >= 0.6 is 8.88 Å². The van der Waals surface area contributed by atoms with Crippen molar-refractivity contribution >= 4 is 27.0 Å². The van der Waals surface area contributed by atoms with E-state index in [9.17, 15) is 23.9 Å². The van der Waals surface area contributed by atoms with Gasteiger partial charge in [-0.15, -0.1) is 0 Å². The van der Waals surface area contributed by atoms with E-state index in [4.69, 9.17) is 0 Å². The number of hydrazone groups is 1. The molecule has 4 heterocycles. The molecular weight excluding hydrogens is 476 g/mol. The molecule has 0 saturated heterocycles. The molecule has 184 valence electrons. The molecule has 2 bridgehead atoms. The predicted molar refractivity (Wildman–Crippen MR) is 126 cm³/mol. The molecule has 35 heavy (non-hydrogen) atoms. The van der Waals surface area contributed by atoms with Crippen molar-refractivity contribution < 1.29 is 19.1 Å². The molecule has 4 aliphatic rings. The van der Waals surface area contributed by atoms with Crippen LogP contribution in [0.1, 0.15) is 53.1 Å². The van der Waals surface area contributed by atoms with Gasteiger partial charge < -0.3 is 20.8 Å². The van der Waals surface area contributed by atoms with Gasteiger partial charge in [-0.3, -0.25) is 24.1 Å². The van der Waals surface area contributed by atoms with Crippen LogP contribution < -0.4 is 26.5 Å². The van der Waals surface area contributed by atoms with E-state index in [2.05, 4.69) is 31.0 Å². The zero-order valence-electron chi connectivity index (χ0n) is 18.9. The van der Waals surface area contributed by atoms with E-state index in [0.29, 0.717) is 43.2 Å². The van der Waals surface area contributed by atoms with Gasteiger partial charge in [0, 0.05) is 18.5 Å². The van der Waals surface area contributed by atoms with E-state index in [1.54, 1.807) is 13.0 Å². The molecule has 1 saturated carbocycles. The van der Waals surface area contributed by atoms with E-state index in [-0.39, 0.29) is 33.6 Å². The molecule has 1 aromatic carbocycles. The summed E-state index contributed by atoms with van der Waals surface area (Å²) in [5.74, 6) is -0.879. The molecule has 1 aliphatic carbocycles. The summed E-state index contributed by atoms with van der Waals surface area (Å²) in [6, 6.07) is 4.45. The number of aromatic hydroxyl groups is 1. The van der Waals surface area contributed by atoms with Crippen molar-refractivity contribution in [2.75, 3.05) is 0 Å². The third-order valence-corrected chi connectivity index (χ3v) is 7.81. The Hall–Kier alpha value is -3.53. The summed E-state index contributed by atoms with van der Waals surface area (Å²) >= 11 is 0. The van der Waals surface area contributed by atoms with Crippen molar-refractivity contribution in [3.05, 3.63) is 57.0 Å². The predicted octanol–water partition coefficient (Wildman–Crippen LogP) is 0.857. The molecule has 2 amide bonds. The minimum absolute atomic E-state index is 0.0552. The molecule has 0 spiro atoms. The van der Waals surface area contributed by atoms with Crippen molar-refractivity contribution in [2.24, 2.45) is 10.5 Å². The largest absolute Gasteiger partial charge is 0.501 e. The van der Waals surface area contributed by atoms with Gasteiger partial charge >= 0.3 is 0 Å². The molecule has 3 aliphatic heterocycles. The normalized spacial score (nSPS) is 25.1. The number of nitrogens with zero attached hydrogens (tertiary/aromatic N) is 3. The number of halogens is 1. The van der Waals surface area contributed by atoms with Crippen LogP contribution in [0, 0.1) is 18.2 Å². The first kappa shape index (κ1) is 23.2. The van der Waals surface area contributed by atoms with Crippen molar-refractivity contribution in [3.63, 3.8) is 0 Å². The number of rotatable bonds is 6. The van der Waals surface area contributed by atoms with Gasteiger partial charge in [0.25, 0.3) is 11.5 Å². The van der Waals surface area contributed by atoms with Crippen molar-refractivity contribution in [2.45, 2.75) is 51.2 Å². The molecule has 6 rings (SSSR count). The maximum Gasteiger partial charge on any atom is 0.296 e. The SMILES string of the molecule is Cc1cc(CNC(=O)c2nc3n(c(=O)c2O)CC2(C4=NNPN4)CCC3(NC=O)CC2)ccc1F. The lowest BCUT2D eigenvalue weighted by Crippen LogP contribution is -2.49. The van der Waals surface area contributed by atoms with Gasteiger partial charge in [-0.2, -0.15) is 5.10 Å². The van der Waals surface area contributed by atoms with Crippen LogP contribution in [0.2, 0.25) is 0 Å².